The average Bonchev–Trinajstić information content (AvgIpc) is 3.20. The number of thiophene rings is 1. The molecule has 1 aliphatic heterocycles. The van der Waals surface area contributed by atoms with Crippen molar-refractivity contribution >= 4 is 17.4 Å². The van der Waals surface area contributed by atoms with Gasteiger partial charge in [-0.05, 0) is 54.3 Å². The molecule has 0 saturated carbocycles. The summed E-state index contributed by atoms with van der Waals surface area (Å²) in [6.45, 7) is 2.84. The Morgan fingerprint density at radius 1 is 1.57 bits per heavy atom. The molecule has 0 unspecified atom stereocenters. The van der Waals surface area contributed by atoms with E-state index < -0.39 is 0 Å². The van der Waals surface area contributed by atoms with Crippen molar-refractivity contribution in [3.8, 4) is 0 Å². The highest BCUT2D eigenvalue weighted by molar-refractivity contribution is 7.07. The van der Waals surface area contributed by atoms with Gasteiger partial charge in [0, 0.05) is 19.0 Å². The van der Waals surface area contributed by atoms with Crippen LogP contribution < -0.4 is 5.32 Å². The van der Waals surface area contributed by atoms with E-state index in [1.165, 1.54) is 5.56 Å². The monoisotopic (exact) mass is 304 g/mol. The van der Waals surface area contributed by atoms with Crippen molar-refractivity contribution in [1.82, 2.24) is 10.2 Å². The molecule has 4 nitrogen and oxygen atoms in total. The SMILES string of the molecule is C[C@@H](Cc1ccco1)NC(=O)N1CCC[C@H]1c1ccsc1. The molecule has 0 aliphatic carbocycles. The molecule has 2 aromatic rings. The lowest BCUT2D eigenvalue weighted by Gasteiger charge is -2.26. The average molecular weight is 304 g/mol. The molecule has 0 spiro atoms. The van der Waals surface area contributed by atoms with Crippen molar-refractivity contribution in [3.05, 3.63) is 46.5 Å². The van der Waals surface area contributed by atoms with Gasteiger partial charge in [-0.2, -0.15) is 11.3 Å². The van der Waals surface area contributed by atoms with Gasteiger partial charge in [-0.3, -0.25) is 0 Å². The number of carbonyl (C=O) groups excluding carboxylic acids is 1. The Bertz CT molecular complexity index is 565. The van der Waals surface area contributed by atoms with Crippen molar-refractivity contribution < 1.29 is 9.21 Å². The van der Waals surface area contributed by atoms with E-state index in [2.05, 4.69) is 22.1 Å². The maximum Gasteiger partial charge on any atom is 0.318 e. The summed E-state index contributed by atoms with van der Waals surface area (Å²) in [6.07, 6.45) is 4.50. The van der Waals surface area contributed by atoms with Crippen LogP contribution in [0.4, 0.5) is 4.79 Å². The fraction of sp³-hybridized carbons (Fsp3) is 0.438. The molecule has 21 heavy (non-hydrogen) atoms. The van der Waals surface area contributed by atoms with Crippen LogP contribution in [0.15, 0.2) is 39.6 Å². The van der Waals surface area contributed by atoms with Gasteiger partial charge in [0.25, 0.3) is 0 Å². The van der Waals surface area contributed by atoms with Crippen molar-refractivity contribution in [2.24, 2.45) is 0 Å². The Balaban J connectivity index is 1.59. The topological polar surface area (TPSA) is 45.5 Å². The zero-order chi connectivity index (χ0) is 14.7. The number of nitrogens with zero attached hydrogens (tertiary/aromatic N) is 1. The Morgan fingerprint density at radius 2 is 2.48 bits per heavy atom. The molecule has 112 valence electrons. The summed E-state index contributed by atoms with van der Waals surface area (Å²) in [6, 6.07) is 6.25. The van der Waals surface area contributed by atoms with E-state index in [4.69, 9.17) is 4.42 Å². The molecule has 0 radical (unpaired) electrons. The number of amides is 2. The normalized spacial score (nSPS) is 19.7. The molecule has 3 heterocycles. The van der Waals surface area contributed by atoms with Crippen LogP contribution >= 0.6 is 11.3 Å². The van der Waals surface area contributed by atoms with Crippen LogP contribution in [0.5, 0.6) is 0 Å². The standard InChI is InChI=1S/C16H20N2O2S/c1-12(10-14-4-3-8-20-14)17-16(19)18-7-2-5-15(18)13-6-9-21-11-13/h3-4,6,8-9,11-12,15H,2,5,7,10H2,1H3,(H,17,19)/t12-,15-/m0/s1. The van der Waals surface area contributed by atoms with E-state index in [0.717, 1.165) is 31.6 Å². The molecule has 0 aromatic carbocycles. The summed E-state index contributed by atoms with van der Waals surface area (Å²) < 4.78 is 5.33. The van der Waals surface area contributed by atoms with Gasteiger partial charge in [0.05, 0.1) is 12.3 Å². The van der Waals surface area contributed by atoms with Crippen molar-refractivity contribution in [2.45, 2.75) is 38.3 Å². The van der Waals surface area contributed by atoms with Crippen LogP contribution in [0.25, 0.3) is 0 Å². The number of urea groups is 1. The second kappa shape index (κ2) is 6.35. The molecule has 0 bridgehead atoms. The lowest BCUT2D eigenvalue weighted by molar-refractivity contribution is 0.189. The van der Waals surface area contributed by atoms with Crippen molar-refractivity contribution in [2.75, 3.05) is 6.54 Å². The smallest absolute Gasteiger partial charge is 0.318 e. The summed E-state index contributed by atoms with van der Waals surface area (Å²) in [5, 5.41) is 7.30. The van der Waals surface area contributed by atoms with Gasteiger partial charge in [-0.1, -0.05) is 0 Å². The second-order valence-corrected chi connectivity index (χ2v) is 6.32. The van der Waals surface area contributed by atoms with Crippen LogP contribution in [-0.2, 0) is 6.42 Å². The lowest BCUT2D eigenvalue weighted by atomic mass is 10.1. The van der Waals surface area contributed by atoms with E-state index >= 15 is 0 Å². The van der Waals surface area contributed by atoms with Gasteiger partial charge in [-0.15, -0.1) is 0 Å². The first-order valence-electron chi connectivity index (χ1n) is 7.35. The minimum atomic E-state index is 0.0303. The second-order valence-electron chi connectivity index (χ2n) is 5.54. The number of carbonyl (C=O) groups is 1. The van der Waals surface area contributed by atoms with Gasteiger partial charge in [0.15, 0.2) is 0 Å². The summed E-state index contributed by atoms with van der Waals surface area (Å²) in [7, 11) is 0. The van der Waals surface area contributed by atoms with Crippen LogP contribution in [0.3, 0.4) is 0 Å². The number of nitrogens with one attached hydrogen (secondary N) is 1. The van der Waals surface area contributed by atoms with Gasteiger partial charge in [0.1, 0.15) is 5.76 Å². The fourth-order valence-corrected chi connectivity index (χ4v) is 3.60. The van der Waals surface area contributed by atoms with E-state index in [9.17, 15) is 4.79 Å². The molecular formula is C16H20N2O2S. The fourth-order valence-electron chi connectivity index (χ4n) is 2.90. The van der Waals surface area contributed by atoms with Crippen LogP contribution in [0.1, 0.15) is 37.1 Å². The van der Waals surface area contributed by atoms with E-state index in [1.54, 1.807) is 17.6 Å². The molecule has 2 atom stereocenters. The Morgan fingerprint density at radius 3 is 3.19 bits per heavy atom. The Labute approximate surface area is 128 Å². The van der Waals surface area contributed by atoms with Crippen LogP contribution in [0, 0.1) is 0 Å². The van der Waals surface area contributed by atoms with Gasteiger partial charge in [0.2, 0.25) is 0 Å². The molecule has 2 aromatic heterocycles. The van der Waals surface area contributed by atoms with Crippen molar-refractivity contribution in [3.63, 3.8) is 0 Å². The first-order valence-corrected chi connectivity index (χ1v) is 8.30. The van der Waals surface area contributed by atoms with E-state index in [1.807, 2.05) is 24.0 Å². The highest BCUT2D eigenvalue weighted by Crippen LogP contribution is 2.32. The van der Waals surface area contributed by atoms with Crippen molar-refractivity contribution in [1.29, 1.82) is 0 Å². The summed E-state index contributed by atoms with van der Waals surface area (Å²) in [5.74, 6) is 0.901. The van der Waals surface area contributed by atoms with E-state index in [-0.39, 0.29) is 18.1 Å². The van der Waals surface area contributed by atoms with Gasteiger partial charge >= 0.3 is 6.03 Å². The highest BCUT2D eigenvalue weighted by Gasteiger charge is 2.30. The third kappa shape index (κ3) is 3.29. The molecule has 3 rings (SSSR count). The minimum absolute atomic E-state index is 0.0303. The third-order valence-electron chi connectivity index (χ3n) is 3.90. The van der Waals surface area contributed by atoms with E-state index in [0.29, 0.717) is 0 Å². The first kappa shape index (κ1) is 14.2. The molecule has 1 aliphatic rings. The number of hydrogen-bond acceptors (Lipinski definition) is 3. The zero-order valence-corrected chi connectivity index (χ0v) is 12.9. The van der Waals surface area contributed by atoms with Gasteiger partial charge in [-0.25, -0.2) is 4.79 Å². The Hall–Kier alpha value is -1.75. The predicted octanol–water partition coefficient (Wildman–Crippen LogP) is 3.82. The van der Waals surface area contributed by atoms with Crippen LogP contribution in [0.2, 0.25) is 0 Å². The molecule has 1 N–H and O–H groups in total. The molecule has 1 saturated heterocycles. The summed E-state index contributed by atoms with van der Waals surface area (Å²) in [4.78, 5) is 14.4. The molecule has 5 heteroatoms. The quantitative estimate of drug-likeness (QED) is 0.933. The largest absolute Gasteiger partial charge is 0.469 e. The molecular weight excluding hydrogens is 284 g/mol. The molecule has 1 fully saturated rings. The zero-order valence-electron chi connectivity index (χ0n) is 12.1. The number of furan rings is 1. The summed E-state index contributed by atoms with van der Waals surface area (Å²) in [5.41, 5.74) is 1.26. The Kier molecular flexibility index (Phi) is 4.29. The number of hydrogen-bond donors (Lipinski definition) is 1. The molecule has 2 amide bonds. The van der Waals surface area contributed by atoms with Crippen LogP contribution in [-0.4, -0.2) is 23.5 Å². The minimum Gasteiger partial charge on any atom is -0.469 e. The maximum atomic E-state index is 12.5. The third-order valence-corrected chi connectivity index (χ3v) is 4.60. The number of rotatable bonds is 4. The number of likely N-dealkylation sites (tertiary alicyclic amines) is 1. The maximum absolute atomic E-state index is 12.5. The highest BCUT2D eigenvalue weighted by atomic mass is 32.1. The summed E-state index contributed by atoms with van der Waals surface area (Å²) >= 11 is 1.69. The lowest BCUT2D eigenvalue weighted by Crippen LogP contribution is -2.44. The first-order chi connectivity index (χ1) is 10.2. The predicted molar refractivity (Wildman–Crippen MR) is 83.4 cm³/mol. The van der Waals surface area contributed by atoms with Gasteiger partial charge < -0.3 is 14.6 Å².